The Bertz CT molecular complexity index is 735. The Morgan fingerprint density at radius 2 is 1.93 bits per heavy atom. The van der Waals surface area contributed by atoms with Gasteiger partial charge in [-0.2, -0.15) is 5.10 Å². The molecule has 1 N–H and O–H groups in total. The molecule has 0 fully saturated rings. The molecule has 0 aromatic heterocycles. The number of carbonyl (C=O) groups excluding carboxylic acids is 1. The van der Waals surface area contributed by atoms with E-state index >= 15 is 0 Å². The van der Waals surface area contributed by atoms with E-state index in [4.69, 9.17) is 9.47 Å². The smallest absolute Gasteiger partial charge is 0.250 e. The zero-order chi connectivity index (χ0) is 19.3. The molecule has 2 aromatic carbocycles. The second kappa shape index (κ2) is 12.0. The molecule has 2 rings (SSSR count). The third-order valence-corrected chi connectivity index (χ3v) is 4.48. The maximum absolute atomic E-state index is 11.9. The molecule has 27 heavy (non-hydrogen) atoms. The summed E-state index contributed by atoms with van der Waals surface area (Å²) < 4.78 is 11.3. The number of rotatable bonds is 11. The van der Waals surface area contributed by atoms with Crippen molar-refractivity contribution >= 4 is 23.9 Å². The molecular formula is C21H26N2O3S. The van der Waals surface area contributed by atoms with Crippen LogP contribution in [0.25, 0.3) is 0 Å². The van der Waals surface area contributed by atoms with Crippen LogP contribution in [-0.4, -0.2) is 31.1 Å². The van der Waals surface area contributed by atoms with Crippen molar-refractivity contribution in [2.45, 2.75) is 26.0 Å². The molecule has 0 saturated carbocycles. The Labute approximate surface area is 165 Å². The second-order valence-electron chi connectivity index (χ2n) is 5.76. The fourth-order valence-corrected chi connectivity index (χ4v) is 3.03. The van der Waals surface area contributed by atoms with E-state index in [1.54, 1.807) is 18.0 Å². The molecule has 5 nitrogen and oxygen atoms in total. The van der Waals surface area contributed by atoms with Gasteiger partial charge in [0.15, 0.2) is 11.5 Å². The topological polar surface area (TPSA) is 59.9 Å². The third-order valence-electron chi connectivity index (χ3n) is 3.48. The second-order valence-corrected chi connectivity index (χ2v) is 6.74. The number of ether oxygens (including phenoxy) is 2. The third kappa shape index (κ3) is 7.74. The van der Waals surface area contributed by atoms with E-state index in [9.17, 15) is 4.79 Å². The van der Waals surface area contributed by atoms with Gasteiger partial charge in [-0.1, -0.05) is 37.3 Å². The Balaban J connectivity index is 1.81. The van der Waals surface area contributed by atoms with Crippen LogP contribution in [0.15, 0.2) is 53.6 Å². The summed E-state index contributed by atoms with van der Waals surface area (Å²) in [5.74, 6) is 2.44. The minimum atomic E-state index is -0.125. The first-order valence-electron chi connectivity index (χ1n) is 9.06. The molecule has 2 aromatic rings. The minimum Gasteiger partial charge on any atom is -0.490 e. The molecule has 144 valence electrons. The van der Waals surface area contributed by atoms with E-state index < -0.39 is 0 Å². The summed E-state index contributed by atoms with van der Waals surface area (Å²) in [6.07, 6.45) is 2.54. The summed E-state index contributed by atoms with van der Waals surface area (Å²) >= 11 is 1.56. The van der Waals surface area contributed by atoms with Crippen molar-refractivity contribution in [1.29, 1.82) is 0 Å². The van der Waals surface area contributed by atoms with E-state index in [1.165, 1.54) is 5.56 Å². The Morgan fingerprint density at radius 3 is 2.67 bits per heavy atom. The molecule has 6 heteroatoms. The van der Waals surface area contributed by atoms with E-state index in [2.05, 4.69) is 17.5 Å². The number of hydrogen-bond donors (Lipinski definition) is 1. The molecule has 1 amide bonds. The standard InChI is InChI=1S/C21H26N2O3S/c1-3-12-26-19-11-10-18(13-20(19)25-4-2)14-22-23-21(24)16-27-15-17-8-6-5-7-9-17/h5-11,13-14H,3-4,12,15-16H2,1-2H3,(H,23,24)/b22-14-. The van der Waals surface area contributed by atoms with Crippen molar-refractivity contribution in [3.05, 3.63) is 59.7 Å². The highest BCUT2D eigenvalue weighted by Crippen LogP contribution is 2.28. The van der Waals surface area contributed by atoms with Gasteiger partial charge in [-0.3, -0.25) is 4.79 Å². The molecule has 0 saturated heterocycles. The molecular weight excluding hydrogens is 360 g/mol. The van der Waals surface area contributed by atoms with Gasteiger partial charge in [-0.15, -0.1) is 11.8 Å². The lowest BCUT2D eigenvalue weighted by molar-refractivity contribution is -0.118. The highest BCUT2D eigenvalue weighted by molar-refractivity contribution is 7.99. The van der Waals surface area contributed by atoms with Crippen LogP contribution in [0.3, 0.4) is 0 Å². The number of nitrogens with one attached hydrogen (secondary N) is 1. The van der Waals surface area contributed by atoms with Crippen LogP contribution in [0.1, 0.15) is 31.4 Å². The van der Waals surface area contributed by atoms with Crippen LogP contribution in [0.2, 0.25) is 0 Å². The maximum atomic E-state index is 11.9. The fraction of sp³-hybridized carbons (Fsp3) is 0.333. The number of hydrogen-bond acceptors (Lipinski definition) is 5. The summed E-state index contributed by atoms with van der Waals surface area (Å²) in [6, 6.07) is 15.7. The molecule has 0 bridgehead atoms. The lowest BCUT2D eigenvalue weighted by Crippen LogP contribution is -2.19. The molecule has 0 aliphatic heterocycles. The number of amides is 1. The zero-order valence-electron chi connectivity index (χ0n) is 15.8. The van der Waals surface area contributed by atoms with Crippen LogP contribution in [0.5, 0.6) is 11.5 Å². The highest BCUT2D eigenvalue weighted by Gasteiger charge is 2.06. The molecule has 0 unspecified atom stereocenters. The lowest BCUT2D eigenvalue weighted by atomic mass is 10.2. The summed E-state index contributed by atoms with van der Waals surface area (Å²) in [5.41, 5.74) is 4.59. The summed E-state index contributed by atoms with van der Waals surface area (Å²) in [6.45, 7) is 5.18. The highest BCUT2D eigenvalue weighted by atomic mass is 32.2. The average Bonchev–Trinajstić information content (AvgIpc) is 2.68. The summed E-state index contributed by atoms with van der Waals surface area (Å²) in [5, 5.41) is 4.03. The van der Waals surface area contributed by atoms with Gasteiger partial charge in [0.1, 0.15) is 0 Å². The number of hydrazone groups is 1. The Hall–Kier alpha value is -2.47. The van der Waals surface area contributed by atoms with Crippen LogP contribution in [-0.2, 0) is 10.5 Å². The van der Waals surface area contributed by atoms with Crippen molar-refractivity contribution in [2.75, 3.05) is 19.0 Å². The maximum Gasteiger partial charge on any atom is 0.250 e. The van der Waals surface area contributed by atoms with E-state index in [1.807, 2.05) is 55.5 Å². The van der Waals surface area contributed by atoms with Gasteiger partial charge in [0.25, 0.3) is 0 Å². The van der Waals surface area contributed by atoms with Gasteiger partial charge in [0, 0.05) is 5.75 Å². The van der Waals surface area contributed by atoms with Crippen molar-refractivity contribution in [1.82, 2.24) is 5.43 Å². The monoisotopic (exact) mass is 386 g/mol. The normalized spacial score (nSPS) is 10.7. The number of thioether (sulfide) groups is 1. The molecule has 0 heterocycles. The van der Waals surface area contributed by atoms with E-state index in [-0.39, 0.29) is 5.91 Å². The van der Waals surface area contributed by atoms with Crippen molar-refractivity contribution < 1.29 is 14.3 Å². The lowest BCUT2D eigenvalue weighted by Gasteiger charge is -2.11. The average molecular weight is 387 g/mol. The van der Waals surface area contributed by atoms with Crippen LogP contribution in [0.4, 0.5) is 0 Å². The first-order valence-corrected chi connectivity index (χ1v) is 10.2. The summed E-state index contributed by atoms with van der Waals surface area (Å²) in [4.78, 5) is 11.9. The van der Waals surface area contributed by atoms with Gasteiger partial charge in [-0.25, -0.2) is 5.43 Å². The van der Waals surface area contributed by atoms with Crippen LogP contribution in [0, 0.1) is 0 Å². The molecule has 0 aliphatic rings. The van der Waals surface area contributed by atoms with E-state index in [0.717, 1.165) is 23.5 Å². The fourth-order valence-electron chi connectivity index (χ4n) is 2.25. The zero-order valence-corrected chi connectivity index (χ0v) is 16.6. The first-order chi connectivity index (χ1) is 13.2. The number of benzene rings is 2. The van der Waals surface area contributed by atoms with Gasteiger partial charge < -0.3 is 9.47 Å². The van der Waals surface area contributed by atoms with E-state index in [0.29, 0.717) is 24.7 Å². The van der Waals surface area contributed by atoms with Crippen LogP contribution < -0.4 is 14.9 Å². The van der Waals surface area contributed by atoms with Crippen molar-refractivity contribution in [2.24, 2.45) is 5.10 Å². The predicted octanol–water partition coefficient (Wildman–Crippen LogP) is 4.26. The molecule has 0 atom stereocenters. The molecule has 0 radical (unpaired) electrons. The number of nitrogens with zero attached hydrogens (tertiary/aromatic N) is 1. The van der Waals surface area contributed by atoms with Gasteiger partial charge in [-0.05, 0) is 42.7 Å². The predicted molar refractivity (Wildman–Crippen MR) is 112 cm³/mol. The largest absolute Gasteiger partial charge is 0.490 e. The SMILES string of the molecule is CCCOc1ccc(/C=N\NC(=O)CSCc2ccccc2)cc1OCC. The molecule has 0 spiro atoms. The van der Waals surface area contributed by atoms with Gasteiger partial charge in [0.2, 0.25) is 5.91 Å². The first kappa shape index (κ1) is 20.8. The summed E-state index contributed by atoms with van der Waals surface area (Å²) in [7, 11) is 0. The van der Waals surface area contributed by atoms with Gasteiger partial charge in [0.05, 0.1) is 25.2 Å². The van der Waals surface area contributed by atoms with Crippen molar-refractivity contribution in [3.63, 3.8) is 0 Å². The quantitative estimate of drug-likeness (QED) is 0.463. The number of carbonyl (C=O) groups is 1. The molecule has 0 aliphatic carbocycles. The van der Waals surface area contributed by atoms with Crippen LogP contribution >= 0.6 is 11.8 Å². The minimum absolute atomic E-state index is 0.125. The Kier molecular flexibility index (Phi) is 9.27. The van der Waals surface area contributed by atoms with Crippen molar-refractivity contribution in [3.8, 4) is 11.5 Å². The van der Waals surface area contributed by atoms with Gasteiger partial charge >= 0.3 is 0 Å². The Morgan fingerprint density at radius 1 is 1.11 bits per heavy atom.